The third kappa shape index (κ3) is 4.04. The van der Waals surface area contributed by atoms with E-state index in [0.717, 1.165) is 60.9 Å². The fourth-order valence-electron chi connectivity index (χ4n) is 3.90. The van der Waals surface area contributed by atoms with Crippen molar-refractivity contribution >= 4 is 33.1 Å². The zero-order chi connectivity index (χ0) is 20.3. The van der Waals surface area contributed by atoms with E-state index in [-0.39, 0.29) is 0 Å². The second-order valence-electron chi connectivity index (χ2n) is 7.57. The van der Waals surface area contributed by atoms with Gasteiger partial charge in [0.15, 0.2) is 5.82 Å². The molecule has 5 rings (SSSR count). The fraction of sp³-hybridized carbons (Fsp3) is 0.304. The van der Waals surface area contributed by atoms with Crippen LogP contribution in [0.3, 0.4) is 0 Å². The van der Waals surface area contributed by atoms with Gasteiger partial charge in [-0.3, -0.25) is 4.90 Å². The van der Waals surface area contributed by atoms with E-state index in [1.165, 1.54) is 10.6 Å². The molecule has 4 heterocycles. The predicted octanol–water partition coefficient (Wildman–Crippen LogP) is 4.49. The van der Waals surface area contributed by atoms with Gasteiger partial charge in [0.25, 0.3) is 0 Å². The number of rotatable bonds is 6. The van der Waals surface area contributed by atoms with Crippen LogP contribution in [0.25, 0.3) is 21.6 Å². The first-order chi connectivity index (χ1) is 14.8. The Hall–Kier alpha value is -2.90. The number of fused-ring (bicyclic) bond motifs is 1. The van der Waals surface area contributed by atoms with Gasteiger partial charge in [0.1, 0.15) is 16.9 Å². The van der Waals surface area contributed by atoms with E-state index in [4.69, 9.17) is 14.4 Å². The number of para-hydroxylation sites is 1. The quantitative estimate of drug-likeness (QED) is 0.497. The summed E-state index contributed by atoms with van der Waals surface area (Å²) in [5.41, 5.74) is 2.22. The Balaban J connectivity index is 1.23. The van der Waals surface area contributed by atoms with Gasteiger partial charge in [0.05, 0.1) is 17.2 Å². The molecule has 0 aliphatic carbocycles. The van der Waals surface area contributed by atoms with Crippen LogP contribution in [0.5, 0.6) is 0 Å². The number of aryl methyl sites for hydroxylation is 1. The van der Waals surface area contributed by atoms with E-state index in [9.17, 15) is 0 Å². The van der Waals surface area contributed by atoms with Gasteiger partial charge < -0.3 is 14.6 Å². The average Bonchev–Trinajstić information content (AvgIpc) is 3.44. The molecule has 0 amide bonds. The Morgan fingerprint density at radius 2 is 1.90 bits per heavy atom. The third-order valence-corrected chi connectivity index (χ3v) is 6.45. The van der Waals surface area contributed by atoms with Gasteiger partial charge in [0, 0.05) is 49.8 Å². The molecule has 3 aromatic heterocycles. The maximum atomic E-state index is 5.22. The van der Waals surface area contributed by atoms with Crippen LogP contribution in [-0.4, -0.2) is 54.1 Å². The van der Waals surface area contributed by atoms with Crippen LogP contribution in [0.4, 0.5) is 11.5 Å². The van der Waals surface area contributed by atoms with Gasteiger partial charge in [-0.25, -0.2) is 9.97 Å². The highest BCUT2D eigenvalue weighted by atomic mass is 32.1. The van der Waals surface area contributed by atoms with Crippen molar-refractivity contribution in [2.24, 2.45) is 0 Å². The average molecular weight is 420 g/mol. The number of anilines is 2. The highest BCUT2D eigenvalue weighted by molar-refractivity contribution is 7.18. The van der Waals surface area contributed by atoms with Crippen molar-refractivity contribution in [2.45, 2.75) is 6.92 Å². The Morgan fingerprint density at radius 1 is 1.07 bits per heavy atom. The van der Waals surface area contributed by atoms with Crippen molar-refractivity contribution in [3.8, 4) is 11.4 Å². The molecule has 1 saturated heterocycles. The van der Waals surface area contributed by atoms with Gasteiger partial charge in [-0.15, -0.1) is 11.3 Å². The number of benzene rings is 1. The standard InChI is InChI=1S/C23H25N5OS/c1-17-15-20-22(25-21(26-23(20)30-17)18-7-14-29-16-18)24-8-9-27-10-12-28(13-11-27)19-5-3-2-4-6-19/h2-7,14-16H,8-13H2,1H3,(H,24,25,26). The molecule has 4 aromatic rings. The number of thiophene rings is 1. The van der Waals surface area contributed by atoms with E-state index >= 15 is 0 Å². The molecule has 0 bridgehead atoms. The first-order valence-electron chi connectivity index (χ1n) is 10.3. The summed E-state index contributed by atoms with van der Waals surface area (Å²) in [4.78, 5) is 16.7. The Bertz CT molecular complexity index is 1100. The lowest BCUT2D eigenvalue weighted by Gasteiger charge is -2.36. The van der Waals surface area contributed by atoms with Crippen LogP contribution >= 0.6 is 11.3 Å². The first-order valence-corrected chi connectivity index (χ1v) is 11.1. The molecule has 0 radical (unpaired) electrons. The van der Waals surface area contributed by atoms with Crippen molar-refractivity contribution in [1.29, 1.82) is 0 Å². The van der Waals surface area contributed by atoms with Crippen molar-refractivity contribution < 1.29 is 4.42 Å². The van der Waals surface area contributed by atoms with Gasteiger partial charge in [-0.05, 0) is 31.2 Å². The molecule has 1 aliphatic heterocycles. The monoisotopic (exact) mass is 419 g/mol. The lowest BCUT2D eigenvalue weighted by Crippen LogP contribution is -2.47. The molecule has 7 heteroatoms. The van der Waals surface area contributed by atoms with Gasteiger partial charge in [-0.1, -0.05) is 18.2 Å². The van der Waals surface area contributed by atoms with Crippen LogP contribution in [0, 0.1) is 6.92 Å². The summed E-state index contributed by atoms with van der Waals surface area (Å²) in [6, 6.07) is 14.7. The normalized spacial score (nSPS) is 15.0. The number of nitrogens with one attached hydrogen (secondary N) is 1. The summed E-state index contributed by atoms with van der Waals surface area (Å²) in [6.45, 7) is 8.25. The largest absolute Gasteiger partial charge is 0.472 e. The highest BCUT2D eigenvalue weighted by Gasteiger charge is 2.17. The van der Waals surface area contributed by atoms with Gasteiger partial charge in [0.2, 0.25) is 0 Å². The predicted molar refractivity (Wildman–Crippen MR) is 123 cm³/mol. The molecule has 0 unspecified atom stereocenters. The van der Waals surface area contributed by atoms with Crippen LogP contribution in [-0.2, 0) is 0 Å². The van der Waals surface area contributed by atoms with Crippen LogP contribution in [0.2, 0.25) is 0 Å². The smallest absolute Gasteiger partial charge is 0.166 e. The third-order valence-electron chi connectivity index (χ3n) is 5.51. The van der Waals surface area contributed by atoms with E-state index in [2.05, 4.69) is 58.4 Å². The lowest BCUT2D eigenvalue weighted by molar-refractivity contribution is 0.267. The lowest BCUT2D eigenvalue weighted by atomic mass is 10.2. The highest BCUT2D eigenvalue weighted by Crippen LogP contribution is 2.31. The Labute approximate surface area is 180 Å². The summed E-state index contributed by atoms with van der Waals surface area (Å²) in [7, 11) is 0. The number of piperazine rings is 1. The minimum Gasteiger partial charge on any atom is -0.472 e. The summed E-state index contributed by atoms with van der Waals surface area (Å²) in [6.07, 6.45) is 3.35. The van der Waals surface area contributed by atoms with Gasteiger partial charge >= 0.3 is 0 Å². The molecule has 1 fully saturated rings. The summed E-state index contributed by atoms with van der Waals surface area (Å²) >= 11 is 1.70. The molecule has 0 saturated carbocycles. The van der Waals surface area contributed by atoms with Crippen molar-refractivity contribution in [3.63, 3.8) is 0 Å². The van der Waals surface area contributed by atoms with Gasteiger partial charge in [-0.2, -0.15) is 0 Å². The molecule has 0 atom stereocenters. The SMILES string of the molecule is Cc1cc2c(NCCN3CCN(c4ccccc4)CC3)nc(-c3ccoc3)nc2s1. The van der Waals surface area contributed by atoms with E-state index in [0.29, 0.717) is 5.82 Å². The molecule has 1 aliphatic rings. The molecule has 1 N–H and O–H groups in total. The zero-order valence-corrected chi connectivity index (χ0v) is 17.9. The first kappa shape index (κ1) is 19.1. The molecule has 30 heavy (non-hydrogen) atoms. The molecule has 6 nitrogen and oxygen atoms in total. The van der Waals surface area contributed by atoms with Crippen LogP contribution < -0.4 is 10.2 Å². The number of hydrogen-bond acceptors (Lipinski definition) is 7. The van der Waals surface area contributed by atoms with Crippen molar-refractivity contribution in [1.82, 2.24) is 14.9 Å². The summed E-state index contributed by atoms with van der Waals surface area (Å²) in [5.74, 6) is 1.61. The minimum absolute atomic E-state index is 0.706. The fourth-order valence-corrected chi connectivity index (χ4v) is 4.78. The number of aromatic nitrogens is 2. The van der Waals surface area contributed by atoms with Crippen LogP contribution in [0.1, 0.15) is 4.88 Å². The topological polar surface area (TPSA) is 57.4 Å². The minimum atomic E-state index is 0.706. The summed E-state index contributed by atoms with van der Waals surface area (Å²) in [5, 5.41) is 4.66. The van der Waals surface area contributed by atoms with E-state index < -0.39 is 0 Å². The summed E-state index contributed by atoms with van der Waals surface area (Å²) < 4.78 is 5.22. The van der Waals surface area contributed by atoms with E-state index in [1.807, 2.05) is 6.07 Å². The second-order valence-corrected chi connectivity index (χ2v) is 8.81. The molecule has 154 valence electrons. The second kappa shape index (κ2) is 8.45. The molecule has 1 aromatic carbocycles. The van der Waals surface area contributed by atoms with E-state index in [1.54, 1.807) is 23.9 Å². The molecular formula is C23H25N5OS. The van der Waals surface area contributed by atoms with Crippen molar-refractivity contribution in [2.75, 3.05) is 49.5 Å². The maximum Gasteiger partial charge on any atom is 0.166 e. The Kier molecular flexibility index (Phi) is 5.38. The molecular weight excluding hydrogens is 394 g/mol. The molecule has 0 spiro atoms. The maximum absolute atomic E-state index is 5.22. The number of hydrogen-bond donors (Lipinski definition) is 1. The number of furan rings is 1. The Morgan fingerprint density at radius 3 is 2.67 bits per heavy atom. The number of nitrogens with zero attached hydrogens (tertiary/aromatic N) is 4. The zero-order valence-electron chi connectivity index (χ0n) is 17.0. The van der Waals surface area contributed by atoms with Crippen molar-refractivity contribution in [3.05, 3.63) is 59.9 Å². The van der Waals surface area contributed by atoms with Crippen LogP contribution in [0.15, 0.2) is 59.4 Å².